The highest BCUT2D eigenvalue weighted by Crippen LogP contribution is 2.44. The van der Waals surface area contributed by atoms with Crippen molar-refractivity contribution in [3.8, 4) is 0 Å². The summed E-state index contributed by atoms with van der Waals surface area (Å²) in [6, 6.07) is 11.4. The van der Waals surface area contributed by atoms with E-state index in [4.69, 9.17) is 0 Å². The Kier molecular flexibility index (Phi) is 3.94. The lowest BCUT2D eigenvalue weighted by atomic mass is 10.1. The summed E-state index contributed by atoms with van der Waals surface area (Å²) in [6.07, 6.45) is 3.77. The van der Waals surface area contributed by atoms with Crippen LogP contribution in [0.3, 0.4) is 0 Å². The van der Waals surface area contributed by atoms with Crippen LogP contribution in [-0.2, 0) is 6.42 Å². The van der Waals surface area contributed by atoms with Gasteiger partial charge in [0.15, 0.2) is 0 Å². The van der Waals surface area contributed by atoms with Gasteiger partial charge in [-0.05, 0) is 60.4 Å². The van der Waals surface area contributed by atoms with Crippen LogP contribution in [-0.4, -0.2) is 0 Å². The number of halogens is 1. The highest BCUT2D eigenvalue weighted by atomic mass is 79.9. The van der Waals surface area contributed by atoms with Gasteiger partial charge in [0.1, 0.15) is 0 Å². The van der Waals surface area contributed by atoms with Gasteiger partial charge in [0.2, 0.25) is 0 Å². The Morgan fingerprint density at radius 1 is 1.37 bits per heavy atom. The normalized spacial score (nSPS) is 16.3. The van der Waals surface area contributed by atoms with Crippen LogP contribution in [0.2, 0.25) is 0 Å². The molecular weight excluding hydrogens is 318 g/mol. The van der Waals surface area contributed by atoms with Gasteiger partial charge in [-0.15, -0.1) is 11.3 Å². The third-order valence-corrected chi connectivity index (χ3v) is 5.15. The first kappa shape index (κ1) is 13.2. The third kappa shape index (κ3) is 3.03. The zero-order valence-electron chi connectivity index (χ0n) is 11.0. The number of anilines is 1. The maximum atomic E-state index is 3.78. The van der Waals surface area contributed by atoms with Crippen LogP contribution in [0.25, 0.3) is 0 Å². The predicted molar refractivity (Wildman–Crippen MR) is 86.9 cm³/mol. The first-order chi connectivity index (χ1) is 9.28. The van der Waals surface area contributed by atoms with Gasteiger partial charge in [0.05, 0.1) is 6.04 Å². The molecule has 1 aliphatic rings. The first-order valence-corrected chi connectivity index (χ1v) is 8.53. The monoisotopic (exact) mass is 335 g/mol. The van der Waals surface area contributed by atoms with E-state index in [-0.39, 0.29) is 0 Å². The largest absolute Gasteiger partial charge is 0.377 e. The van der Waals surface area contributed by atoms with Crippen LogP contribution in [0.1, 0.15) is 36.2 Å². The van der Waals surface area contributed by atoms with Crippen molar-refractivity contribution in [2.24, 2.45) is 5.92 Å². The molecule has 0 radical (unpaired) electrons. The van der Waals surface area contributed by atoms with Crippen molar-refractivity contribution in [1.29, 1.82) is 0 Å². The van der Waals surface area contributed by atoms with Crippen LogP contribution in [0, 0.1) is 5.92 Å². The SMILES string of the molecule is CCc1cc(Br)ccc1NC(c1cccs1)C1CC1. The molecule has 1 aromatic carbocycles. The zero-order valence-corrected chi connectivity index (χ0v) is 13.4. The molecule has 0 bridgehead atoms. The zero-order chi connectivity index (χ0) is 13.2. The van der Waals surface area contributed by atoms with Gasteiger partial charge in [-0.3, -0.25) is 0 Å². The fourth-order valence-corrected chi connectivity index (χ4v) is 3.76. The maximum Gasteiger partial charge on any atom is 0.0634 e. The maximum absolute atomic E-state index is 3.78. The molecule has 0 spiro atoms. The number of hydrogen-bond donors (Lipinski definition) is 1. The van der Waals surface area contributed by atoms with Crippen LogP contribution in [0.5, 0.6) is 0 Å². The number of hydrogen-bond acceptors (Lipinski definition) is 2. The van der Waals surface area contributed by atoms with Crippen molar-refractivity contribution in [3.05, 3.63) is 50.6 Å². The molecule has 1 unspecified atom stereocenters. The average molecular weight is 336 g/mol. The van der Waals surface area contributed by atoms with Crippen molar-refractivity contribution < 1.29 is 0 Å². The Bertz CT molecular complexity index is 546. The van der Waals surface area contributed by atoms with Crippen molar-refractivity contribution in [2.75, 3.05) is 5.32 Å². The Hall–Kier alpha value is -0.800. The van der Waals surface area contributed by atoms with E-state index in [9.17, 15) is 0 Å². The lowest BCUT2D eigenvalue weighted by Crippen LogP contribution is -2.12. The van der Waals surface area contributed by atoms with E-state index in [0.717, 1.165) is 16.8 Å². The van der Waals surface area contributed by atoms with Gasteiger partial charge in [-0.2, -0.15) is 0 Å². The van der Waals surface area contributed by atoms with Crippen LogP contribution in [0.15, 0.2) is 40.2 Å². The van der Waals surface area contributed by atoms with E-state index >= 15 is 0 Å². The van der Waals surface area contributed by atoms with Crippen molar-refractivity contribution in [1.82, 2.24) is 0 Å². The molecule has 3 heteroatoms. The number of benzene rings is 1. The van der Waals surface area contributed by atoms with Gasteiger partial charge in [0.25, 0.3) is 0 Å². The van der Waals surface area contributed by atoms with Crippen LogP contribution in [0.4, 0.5) is 5.69 Å². The molecule has 19 heavy (non-hydrogen) atoms. The van der Waals surface area contributed by atoms with E-state index in [1.165, 1.54) is 29.0 Å². The van der Waals surface area contributed by atoms with Crippen molar-refractivity contribution >= 4 is 33.0 Å². The molecule has 1 atom stereocenters. The molecule has 1 aliphatic carbocycles. The van der Waals surface area contributed by atoms with E-state index in [1.54, 1.807) is 0 Å². The van der Waals surface area contributed by atoms with Crippen molar-refractivity contribution in [2.45, 2.75) is 32.2 Å². The fraction of sp³-hybridized carbons (Fsp3) is 0.375. The summed E-state index contributed by atoms with van der Waals surface area (Å²) in [4.78, 5) is 1.47. The lowest BCUT2D eigenvalue weighted by Gasteiger charge is -2.20. The minimum absolute atomic E-state index is 0.492. The Balaban J connectivity index is 1.86. The topological polar surface area (TPSA) is 12.0 Å². The molecule has 100 valence electrons. The van der Waals surface area contributed by atoms with Crippen LogP contribution < -0.4 is 5.32 Å². The molecule has 1 aromatic heterocycles. The summed E-state index contributed by atoms with van der Waals surface area (Å²) in [5, 5.41) is 5.95. The molecule has 2 aromatic rings. The van der Waals surface area contributed by atoms with E-state index in [0.29, 0.717) is 6.04 Å². The van der Waals surface area contributed by atoms with Crippen molar-refractivity contribution in [3.63, 3.8) is 0 Å². The number of thiophene rings is 1. The average Bonchev–Trinajstić information content (AvgIpc) is 3.11. The smallest absolute Gasteiger partial charge is 0.0634 e. The second kappa shape index (κ2) is 5.68. The van der Waals surface area contributed by atoms with Gasteiger partial charge in [0, 0.05) is 15.0 Å². The minimum atomic E-state index is 0.492. The summed E-state index contributed by atoms with van der Waals surface area (Å²) in [7, 11) is 0. The molecule has 0 amide bonds. The first-order valence-electron chi connectivity index (χ1n) is 6.86. The highest BCUT2D eigenvalue weighted by Gasteiger charge is 2.33. The van der Waals surface area contributed by atoms with E-state index in [2.05, 4.69) is 63.9 Å². The standard InChI is InChI=1S/C16H18BrNS/c1-2-11-10-13(17)7-8-14(11)18-16(12-5-6-12)15-4-3-9-19-15/h3-4,7-10,12,16,18H,2,5-6H2,1H3. The highest BCUT2D eigenvalue weighted by molar-refractivity contribution is 9.10. The molecule has 1 saturated carbocycles. The fourth-order valence-electron chi connectivity index (χ4n) is 2.48. The summed E-state index contributed by atoms with van der Waals surface area (Å²) in [5.74, 6) is 0.812. The number of aryl methyl sites for hydroxylation is 1. The molecule has 0 aliphatic heterocycles. The number of nitrogens with one attached hydrogen (secondary N) is 1. The molecule has 1 heterocycles. The molecule has 1 fully saturated rings. The third-order valence-electron chi connectivity index (χ3n) is 3.70. The number of rotatable bonds is 5. The van der Waals surface area contributed by atoms with E-state index in [1.807, 2.05) is 11.3 Å². The molecule has 0 saturated heterocycles. The van der Waals surface area contributed by atoms with Gasteiger partial charge >= 0.3 is 0 Å². The van der Waals surface area contributed by atoms with Gasteiger partial charge in [-0.25, -0.2) is 0 Å². The minimum Gasteiger partial charge on any atom is -0.377 e. The van der Waals surface area contributed by atoms with Crippen LogP contribution >= 0.6 is 27.3 Å². The summed E-state index contributed by atoms with van der Waals surface area (Å²) >= 11 is 5.42. The Morgan fingerprint density at radius 2 is 2.21 bits per heavy atom. The van der Waals surface area contributed by atoms with E-state index < -0.39 is 0 Å². The quantitative estimate of drug-likeness (QED) is 0.745. The summed E-state index contributed by atoms with van der Waals surface area (Å²) < 4.78 is 1.16. The van der Waals surface area contributed by atoms with Gasteiger partial charge < -0.3 is 5.32 Å². The predicted octanol–water partition coefficient (Wildman–Crippen LogP) is 5.64. The molecule has 1 nitrogen and oxygen atoms in total. The summed E-state index contributed by atoms with van der Waals surface area (Å²) in [6.45, 7) is 2.21. The molecule has 1 N–H and O–H groups in total. The second-order valence-corrected chi connectivity index (χ2v) is 7.02. The Morgan fingerprint density at radius 3 is 2.84 bits per heavy atom. The van der Waals surface area contributed by atoms with Gasteiger partial charge in [-0.1, -0.05) is 28.9 Å². The molecular formula is C16H18BrNS. The molecule has 3 rings (SSSR count). The summed E-state index contributed by atoms with van der Waals surface area (Å²) in [5.41, 5.74) is 2.67. The Labute approximate surface area is 127 Å². The second-order valence-electron chi connectivity index (χ2n) is 5.13. The lowest BCUT2D eigenvalue weighted by molar-refractivity contribution is 0.690.